The van der Waals surface area contributed by atoms with Crippen LogP contribution in [0.2, 0.25) is 0 Å². The maximum atomic E-state index is 12.8. The van der Waals surface area contributed by atoms with Crippen molar-refractivity contribution in [2.24, 2.45) is 0 Å². The van der Waals surface area contributed by atoms with E-state index in [0.29, 0.717) is 11.3 Å². The number of Topliss-reactive ketones (excluding diaryl/α,β-unsaturated/α-hetero) is 1. The summed E-state index contributed by atoms with van der Waals surface area (Å²) in [6.07, 6.45) is 0. The van der Waals surface area contributed by atoms with Crippen LogP contribution in [0.15, 0.2) is 46.8 Å². The Morgan fingerprint density at radius 3 is 2.76 bits per heavy atom. The molecule has 3 rings (SSSR count). The molecule has 0 unspecified atom stereocenters. The lowest BCUT2D eigenvalue weighted by Gasteiger charge is -1.99. The van der Waals surface area contributed by atoms with Gasteiger partial charge in [0.2, 0.25) is 0 Å². The minimum absolute atomic E-state index is 0.0428. The average Bonchev–Trinajstić information content (AvgIpc) is 2.87. The van der Waals surface area contributed by atoms with Crippen LogP contribution in [0, 0.1) is 5.82 Å². The molecule has 106 valence electrons. The number of nitrogen functional groups attached to an aromatic ring is 1. The van der Waals surface area contributed by atoms with Crippen molar-refractivity contribution in [1.82, 2.24) is 4.98 Å². The van der Waals surface area contributed by atoms with Crippen molar-refractivity contribution in [1.29, 1.82) is 0 Å². The molecule has 0 saturated heterocycles. The summed E-state index contributed by atoms with van der Waals surface area (Å²) in [5, 5.41) is 0. The Bertz CT molecular complexity index is 799. The molecule has 21 heavy (non-hydrogen) atoms. The summed E-state index contributed by atoms with van der Waals surface area (Å²) in [7, 11) is 0. The highest BCUT2D eigenvalue weighted by atomic mass is 32.2. The molecule has 1 aromatic heterocycles. The van der Waals surface area contributed by atoms with E-state index in [4.69, 9.17) is 5.73 Å². The second-order valence-electron chi connectivity index (χ2n) is 4.43. The predicted octanol–water partition coefficient (Wildman–Crippen LogP) is 3.99. The van der Waals surface area contributed by atoms with Gasteiger partial charge in [-0.3, -0.25) is 4.79 Å². The van der Waals surface area contributed by atoms with Crippen molar-refractivity contribution in [3.63, 3.8) is 0 Å². The minimum atomic E-state index is -0.344. The summed E-state index contributed by atoms with van der Waals surface area (Å²) in [4.78, 5) is 16.5. The SMILES string of the molecule is Nc1ccc2nc(SCC(=O)c3ccc(F)cc3)sc2c1. The quantitative estimate of drug-likeness (QED) is 0.449. The van der Waals surface area contributed by atoms with Gasteiger partial charge in [0.15, 0.2) is 10.1 Å². The van der Waals surface area contributed by atoms with Gasteiger partial charge >= 0.3 is 0 Å². The lowest BCUT2D eigenvalue weighted by molar-refractivity contribution is 0.102. The molecule has 2 aromatic carbocycles. The Hall–Kier alpha value is -1.92. The normalized spacial score (nSPS) is 10.9. The molecule has 0 saturated carbocycles. The second kappa shape index (κ2) is 5.83. The number of aromatic nitrogens is 1. The van der Waals surface area contributed by atoms with Crippen LogP contribution in [0.5, 0.6) is 0 Å². The smallest absolute Gasteiger partial charge is 0.173 e. The van der Waals surface area contributed by atoms with Gasteiger partial charge in [0.1, 0.15) is 5.82 Å². The number of nitrogens with zero attached hydrogens (tertiary/aromatic N) is 1. The van der Waals surface area contributed by atoms with Gasteiger partial charge in [-0.05, 0) is 42.5 Å². The molecule has 0 aliphatic heterocycles. The molecule has 3 aromatic rings. The molecule has 0 aliphatic carbocycles. The number of benzene rings is 2. The molecule has 6 heteroatoms. The second-order valence-corrected chi connectivity index (χ2v) is 6.68. The van der Waals surface area contributed by atoms with Crippen LogP contribution in [0.1, 0.15) is 10.4 Å². The molecule has 0 spiro atoms. The Labute approximate surface area is 129 Å². The Kier molecular flexibility index (Phi) is 3.90. The van der Waals surface area contributed by atoms with Gasteiger partial charge in [-0.2, -0.15) is 0 Å². The third-order valence-corrected chi connectivity index (χ3v) is 5.05. The van der Waals surface area contributed by atoms with Crippen molar-refractivity contribution in [2.75, 3.05) is 11.5 Å². The average molecular weight is 318 g/mol. The Morgan fingerprint density at radius 1 is 1.24 bits per heavy atom. The number of ketones is 1. The van der Waals surface area contributed by atoms with Crippen LogP contribution in [-0.4, -0.2) is 16.5 Å². The number of hydrogen-bond acceptors (Lipinski definition) is 5. The zero-order valence-corrected chi connectivity index (χ0v) is 12.5. The molecule has 0 atom stereocenters. The number of thioether (sulfide) groups is 1. The van der Waals surface area contributed by atoms with Gasteiger partial charge in [-0.25, -0.2) is 9.37 Å². The first-order valence-corrected chi connectivity index (χ1v) is 8.00. The van der Waals surface area contributed by atoms with E-state index in [1.54, 1.807) is 6.07 Å². The first-order chi connectivity index (χ1) is 10.1. The molecule has 0 amide bonds. The van der Waals surface area contributed by atoms with Crippen LogP contribution in [0.3, 0.4) is 0 Å². The zero-order valence-electron chi connectivity index (χ0n) is 10.9. The highest BCUT2D eigenvalue weighted by Crippen LogP contribution is 2.31. The molecule has 0 aliphatic rings. The van der Waals surface area contributed by atoms with Crippen LogP contribution in [-0.2, 0) is 0 Å². The Morgan fingerprint density at radius 2 is 2.00 bits per heavy atom. The number of hydrogen-bond donors (Lipinski definition) is 1. The van der Waals surface area contributed by atoms with Gasteiger partial charge in [0.25, 0.3) is 0 Å². The number of thiazole rings is 1. The molecule has 2 N–H and O–H groups in total. The number of rotatable bonds is 4. The number of halogens is 1. The van der Waals surface area contributed by atoms with Crippen molar-refractivity contribution in [3.8, 4) is 0 Å². The van der Waals surface area contributed by atoms with Crippen molar-refractivity contribution >= 4 is 44.8 Å². The third kappa shape index (κ3) is 3.22. The predicted molar refractivity (Wildman–Crippen MR) is 85.5 cm³/mol. The first kappa shape index (κ1) is 14.0. The van der Waals surface area contributed by atoms with Crippen LogP contribution >= 0.6 is 23.1 Å². The molecular formula is C15H11FN2OS2. The number of carbonyl (C=O) groups is 1. The van der Waals surface area contributed by atoms with E-state index in [-0.39, 0.29) is 17.4 Å². The summed E-state index contributed by atoms with van der Waals surface area (Å²) in [5.74, 6) is -0.109. The third-order valence-electron chi connectivity index (χ3n) is 2.89. The molecule has 1 heterocycles. The van der Waals surface area contributed by atoms with Gasteiger partial charge in [-0.1, -0.05) is 11.8 Å². The van der Waals surface area contributed by atoms with Crippen molar-refractivity contribution in [3.05, 3.63) is 53.8 Å². The molecule has 0 radical (unpaired) electrons. The highest BCUT2D eigenvalue weighted by molar-refractivity contribution is 8.01. The lowest BCUT2D eigenvalue weighted by Crippen LogP contribution is -2.01. The first-order valence-electron chi connectivity index (χ1n) is 6.19. The van der Waals surface area contributed by atoms with Crippen molar-refractivity contribution in [2.45, 2.75) is 4.34 Å². The number of anilines is 1. The fourth-order valence-electron chi connectivity index (χ4n) is 1.83. The summed E-state index contributed by atoms with van der Waals surface area (Å²) in [6, 6.07) is 11.1. The van der Waals surface area contributed by atoms with E-state index in [1.165, 1.54) is 47.4 Å². The fraction of sp³-hybridized carbons (Fsp3) is 0.0667. The summed E-state index contributed by atoms with van der Waals surface area (Å²) < 4.78 is 14.6. The van der Waals surface area contributed by atoms with Gasteiger partial charge in [-0.15, -0.1) is 11.3 Å². The molecular weight excluding hydrogens is 307 g/mol. The maximum absolute atomic E-state index is 12.8. The van der Waals surface area contributed by atoms with E-state index >= 15 is 0 Å². The van der Waals surface area contributed by atoms with Crippen LogP contribution in [0.4, 0.5) is 10.1 Å². The fourth-order valence-corrected chi connectivity index (χ4v) is 3.84. The van der Waals surface area contributed by atoms with Crippen LogP contribution < -0.4 is 5.73 Å². The van der Waals surface area contributed by atoms with E-state index < -0.39 is 0 Å². The number of fused-ring (bicyclic) bond motifs is 1. The largest absolute Gasteiger partial charge is 0.399 e. The van der Waals surface area contributed by atoms with E-state index in [1.807, 2.05) is 12.1 Å². The molecule has 0 bridgehead atoms. The van der Waals surface area contributed by atoms with E-state index in [2.05, 4.69) is 4.98 Å². The standard InChI is InChI=1S/C15H11FN2OS2/c16-10-3-1-9(2-4-10)13(19)8-20-15-18-12-6-5-11(17)7-14(12)21-15/h1-7H,8,17H2. The van der Waals surface area contributed by atoms with Gasteiger partial charge < -0.3 is 5.73 Å². The maximum Gasteiger partial charge on any atom is 0.173 e. The molecule has 3 nitrogen and oxygen atoms in total. The van der Waals surface area contributed by atoms with Crippen LogP contribution in [0.25, 0.3) is 10.2 Å². The summed E-state index contributed by atoms with van der Waals surface area (Å²) >= 11 is 2.89. The van der Waals surface area contributed by atoms with E-state index in [0.717, 1.165) is 14.6 Å². The van der Waals surface area contributed by atoms with Gasteiger partial charge in [0, 0.05) is 11.3 Å². The monoisotopic (exact) mass is 318 g/mol. The summed E-state index contributed by atoms with van der Waals surface area (Å²) in [5.41, 5.74) is 7.82. The molecule has 0 fully saturated rings. The van der Waals surface area contributed by atoms with Crippen molar-refractivity contribution < 1.29 is 9.18 Å². The van der Waals surface area contributed by atoms with E-state index in [9.17, 15) is 9.18 Å². The topological polar surface area (TPSA) is 56.0 Å². The number of carbonyl (C=O) groups excluding carboxylic acids is 1. The number of nitrogens with two attached hydrogens (primary N) is 1. The lowest BCUT2D eigenvalue weighted by atomic mass is 10.1. The highest BCUT2D eigenvalue weighted by Gasteiger charge is 2.10. The zero-order chi connectivity index (χ0) is 14.8. The Balaban J connectivity index is 1.71. The summed E-state index contributed by atoms with van der Waals surface area (Å²) in [6.45, 7) is 0. The van der Waals surface area contributed by atoms with Gasteiger partial charge in [0.05, 0.1) is 16.0 Å². The minimum Gasteiger partial charge on any atom is -0.399 e.